The van der Waals surface area contributed by atoms with E-state index in [9.17, 15) is 0 Å². The van der Waals surface area contributed by atoms with E-state index in [2.05, 4.69) is 32.7 Å². The summed E-state index contributed by atoms with van der Waals surface area (Å²) in [6.45, 7) is 0. The van der Waals surface area contributed by atoms with Crippen LogP contribution in [0.3, 0.4) is 0 Å². The van der Waals surface area contributed by atoms with Crippen LogP contribution >= 0.6 is 0 Å². The minimum atomic E-state index is 0.760. The fraction of sp³-hybridized carbons (Fsp3) is 0. The van der Waals surface area contributed by atoms with E-state index in [1.54, 1.807) is 6.33 Å². The Morgan fingerprint density at radius 2 is 1.19 bits per heavy atom. The standard InChI is InChI=1S/C22H18N4/c1-3-9-17(10-4-1)25-20-14-8-7-13-19(20)21-15-22(24-16-23-21)26-18-11-5-2-6-12-18/h1-16,25H,(H,23,24,26). The highest BCUT2D eigenvalue weighted by Crippen LogP contribution is 2.30. The van der Waals surface area contributed by atoms with Crippen LogP contribution in [-0.4, -0.2) is 9.97 Å². The van der Waals surface area contributed by atoms with Crippen molar-refractivity contribution in [2.45, 2.75) is 0 Å². The second-order valence-electron chi connectivity index (χ2n) is 5.82. The fourth-order valence-corrected chi connectivity index (χ4v) is 2.73. The molecule has 0 saturated carbocycles. The lowest BCUT2D eigenvalue weighted by Crippen LogP contribution is -1.97. The molecular formula is C22H18N4. The van der Waals surface area contributed by atoms with E-state index in [0.29, 0.717) is 0 Å². The first kappa shape index (κ1) is 15.8. The lowest BCUT2D eigenvalue weighted by molar-refractivity contribution is 1.17. The van der Waals surface area contributed by atoms with Gasteiger partial charge in [-0.2, -0.15) is 0 Å². The highest BCUT2D eigenvalue weighted by molar-refractivity contribution is 5.80. The molecule has 4 heteroatoms. The second kappa shape index (κ2) is 7.49. The Kier molecular flexibility index (Phi) is 4.56. The molecule has 0 fully saturated rings. The molecule has 1 heterocycles. The van der Waals surface area contributed by atoms with E-state index in [-0.39, 0.29) is 0 Å². The van der Waals surface area contributed by atoms with Crippen molar-refractivity contribution in [2.75, 3.05) is 10.6 Å². The maximum atomic E-state index is 4.46. The summed E-state index contributed by atoms with van der Waals surface area (Å²) < 4.78 is 0. The van der Waals surface area contributed by atoms with Gasteiger partial charge in [-0.25, -0.2) is 9.97 Å². The number of hydrogen-bond donors (Lipinski definition) is 2. The molecule has 0 aliphatic carbocycles. The zero-order valence-corrected chi connectivity index (χ0v) is 14.1. The van der Waals surface area contributed by atoms with Crippen LogP contribution in [0.1, 0.15) is 0 Å². The largest absolute Gasteiger partial charge is 0.355 e. The van der Waals surface area contributed by atoms with E-state index < -0.39 is 0 Å². The number of nitrogens with one attached hydrogen (secondary N) is 2. The van der Waals surface area contributed by atoms with Crippen LogP contribution in [0.5, 0.6) is 0 Å². The van der Waals surface area contributed by atoms with E-state index in [0.717, 1.165) is 34.1 Å². The SMILES string of the molecule is c1ccc(Nc2cc(-c3ccccc3Nc3ccccc3)ncn2)cc1. The van der Waals surface area contributed by atoms with Crippen molar-refractivity contribution in [1.82, 2.24) is 9.97 Å². The molecule has 2 N–H and O–H groups in total. The molecule has 4 nitrogen and oxygen atoms in total. The molecule has 0 bridgehead atoms. The fourth-order valence-electron chi connectivity index (χ4n) is 2.73. The van der Waals surface area contributed by atoms with Gasteiger partial charge in [-0.15, -0.1) is 0 Å². The quantitative estimate of drug-likeness (QED) is 0.495. The van der Waals surface area contributed by atoms with Gasteiger partial charge in [0.15, 0.2) is 0 Å². The van der Waals surface area contributed by atoms with Gasteiger partial charge in [0.25, 0.3) is 0 Å². The van der Waals surface area contributed by atoms with Crippen LogP contribution in [0.4, 0.5) is 22.9 Å². The topological polar surface area (TPSA) is 49.8 Å². The maximum Gasteiger partial charge on any atom is 0.134 e. The molecule has 1 aromatic heterocycles. The molecule has 126 valence electrons. The minimum absolute atomic E-state index is 0.760. The van der Waals surface area contributed by atoms with Crippen molar-refractivity contribution in [3.63, 3.8) is 0 Å². The van der Waals surface area contributed by atoms with Gasteiger partial charge in [0.1, 0.15) is 12.1 Å². The molecule has 0 saturated heterocycles. The summed E-state index contributed by atoms with van der Waals surface area (Å²) in [5.41, 5.74) is 4.92. The monoisotopic (exact) mass is 338 g/mol. The molecular weight excluding hydrogens is 320 g/mol. The number of anilines is 4. The van der Waals surface area contributed by atoms with Crippen molar-refractivity contribution in [1.29, 1.82) is 0 Å². The number of hydrogen-bond acceptors (Lipinski definition) is 4. The summed E-state index contributed by atoms with van der Waals surface area (Å²) in [6.07, 6.45) is 1.58. The highest BCUT2D eigenvalue weighted by atomic mass is 15.0. The normalized spacial score (nSPS) is 10.3. The van der Waals surface area contributed by atoms with E-state index in [1.807, 2.05) is 78.9 Å². The van der Waals surface area contributed by atoms with E-state index in [1.165, 1.54) is 0 Å². The average molecular weight is 338 g/mol. The predicted octanol–water partition coefficient (Wildman–Crippen LogP) is 5.63. The molecule has 0 aliphatic heterocycles. The molecule has 0 unspecified atom stereocenters. The average Bonchev–Trinajstić information content (AvgIpc) is 2.70. The molecule has 26 heavy (non-hydrogen) atoms. The van der Waals surface area contributed by atoms with E-state index in [4.69, 9.17) is 0 Å². The van der Waals surface area contributed by atoms with Gasteiger partial charge < -0.3 is 10.6 Å². The Hall–Kier alpha value is -3.66. The zero-order valence-electron chi connectivity index (χ0n) is 14.1. The van der Waals surface area contributed by atoms with Crippen LogP contribution in [0, 0.1) is 0 Å². The Morgan fingerprint density at radius 3 is 1.92 bits per heavy atom. The summed E-state index contributed by atoms with van der Waals surface area (Å²) >= 11 is 0. The molecule has 0 radical (unpaired) electrons. The lowest BCUT2D eigenvalue weighted by atomic mass is 10.1. The van der Waals surface area contributed by atoms with Gasteiger partial charge >= 0.3 is 0 Å². The van der Waals surface area contributed by atoms with Gasteiger partial charge in [0.05, 0.1) is 5.69 Å². The summed E-state index contributed by atoms with van der Waals surface area (Å²) in [7, 11) is 0. The predicted molar refractivity (Wildman–Crippen MR) is 107 cm³/mol. The van der Waals surface area contributed by atoms with Gasteiger partial charge in [-0.05, 0) is 30.3 Å². The minimum Gasteiger partial charge on any atom is -0.355 e. The summed E-state index contributed by atoms with van der Waals surface area (Å²) in [5.74, 6) is 0.760. The first-order chi connectivity index (χ1) is 12.9. The molecule has 0 aliphatic rings. The Balaban J connectivity index is 1.65. The van der Waals surface area contributed by atoms with Crippen LogP contribution in [0.2, 0.25) is 0 Å². The maximum absolute atomic E-state index is 4.46. The van der Waals surface area contributed by atoms with Gasteiger partial charge in [0.2, 0.25) is 0 Å². The third-order valence-corrected chi connectivity index (χ3v) is 3.97. The Bertz CT molecular complexity index is 985. The van der Waals surface area contributed by atoms with Crippen molar-refractivity contribution >= 4 is 22.9 Å². The number of rotatable bonds is 5. The van der Waals surface area contributed by atoms with Crippen molar-refractivity contribution in [2.24, 2.45) is 0 Å². The Morgan fingerprint density at radius 1 is 0.577 bits per heavy atom. The lowest BCUT2D eigenvalue weighted by Gasteiger charge is -2.12. The smallest absolute Gasteiger partial charge is 0.134 e. The summed E-state index contributed by atoms with van der Waals surface area (Å²) in [6, 6.07) is 30.2. The first-order valence-corrected chi connectivity index (χ1v) is 8.44. The summed E-state index contributed by atoms with van der Waals surface area (Å²) in [4.78, 5) is 8.79. The third-order valence-electron chi connectivity index (χ3n) is 3.97. The molecule has 0 spiro atoms. The van der Waals surface area contributed by atoms with Crippen LogP contribution in [0.25, 0.3) is 11.3 Å². The van der Waals surface area contributed by atoms with Crippen LogP contribution in [0.15, 0.2) is 97.3 Å². The summed E-state index contributed by atoms with van der Waals surface area (Å²) in [5, 5.41) is 6.77. The number of para-hydroxylation sites is 3. The van der Waals surface area contributed by atoms with Crippen molar-refractivity contribution < 1.29 is 0 Å². The first-order valence-electron chi connectivity index (χ1n) is 8.44. The van der Waals surface area contributed by atoms with Gasteiger partial charge in [0, 0.05) is 28.7 Å². The molecule has 0 atom stereocenters. The number of nitrogens with zero attached hydrogens (tertiary/aromatic N) is 2. The van der Waals surface area contributed by atoms with Crippen LogP contribution < -0.4 is 10.6 Å². The third kappa shape index (κ3) is 3.70. The number of aromatic nitrogens is 2. The second-order valence-corrected chi connectivity index (χ2v) is 5.82. The molecule has 0 amide bonds. The van der Waals surface area contributed by atoms with Crippen LogP contribution in [-0.2, 0) is 0 Å². The molecule has 4 aromatic rings. The zero-order chi connectivity index (χ0) is 17.6. The van der Waals surface area contributed by atoms with Crippen molar-refractivity contribution in [3.05, 3.63) is 97.3 Å². The molecule has 3 aromatic carbocycles. The number of benzene rings is 3. The van der Waals surface area contributed by atoms with E-state index >= 15 is 0 Å². The van der Waals surface area contributed by atoms with Gasteiger partial charge in [-0.1, -0.05) is 54.6 Å². The van der Waals surface area contributed by atoms with Gasteiger partial charge in [-0.3, -0.25) is 0 Å². The van der Waals surface area contributed by atoms with Crippen molar-refractivity contribution in [3.8, 4) is 11.3 Å². The highest BCUT2D eigenvalue weighted by Gasteiger charge is 2.08. The Labute approximate surface area is 152 Å². The molecule has 4 rings (SSSR count).